The Hall–Kier alpha value is -1.96. The van der Waals surface area contributed by atoms with E-state index in [4.69, 9.17) is 10.2 Å². The molecule has 0 aliphatic heterocycles. The van der Waals surface area contributed by atoms with E-state index in [1.54, 1.807) is 31.2 Å². The van der Waals surface area contributed by atoms with Crippen molar-refractivity contribution in [3.8, 4) is 0 Å². The highest BCUT2D eigenvalue weighted by Gasteiger charge is 1.98. The normalized spacial score (nSPS) is 13.2. The third-order valence-corrected chi connectivity index (χ3v) is 1.93. The summed E-state index contributed by atoms with van der Waals surface area (Å²) < 4.78 is 0. The summed E-state index contributed by atoms with van der Waals surface area (Å²) in [5, 5.41) is 18.0. The van der Waals surface area contributed by atoms with Gasteiger partial charge in [0.2, 0.25) is 0 Å². The third kappa shape index (κ3) is 10.3. The second-order valence-corrected chi connectivity index (χ2v) is 3.26. The second-order valence-electron chi connectivity index (χ2n) is 3.26. The van der Waals surface area contributed by atoms with Crippen LogP contribution in [-0.2, 0) is 0 Å². The van der Waals surface area contributed by atoms with E-state index in [2.05, 4.69) is 26.3 Å². The van der Waals surface area contributed by atoms with Gasteiger partial charge >= 0.3 is 0 Å². The van der Waals surface area contributed by atoms with Gasteiger partial charge in [0.15, 0.2) is 0 Å². The van der Waals surface area contributed by atoms with Gasteiger partial charge in [0.25, 0.3) is 0 Å². The lowest BCUT2D eigenvalue weighted by Gasteiger charge is -2.05. The van der Waals surface area contributed by atoms with E-state index in [-0.39, 0.29) is 17.4 Å². The van der Waals surface area contributed by atoms with Crippen LogP contribution in [0.25, 0.3) is 0 Å². The van der Waals surface area contributed by atoms with Crippen molar-refractivity contribution in [1.29, 1.82) is 0 Å². The molecule has 0 aromatic carbocycles. The number of aliphatic hydroxyl groups excluding tert-OH is 2. The molecule has 0 aliphatic rings. The molecule has 0 aliphatic carbocycles. The van der Waals surface area contributed by atoms with Gasteiger partial charge < -0.3 is 10.2 Å². The number of hydrogen-bond acceptors (Lipinski definition) is 2. The van der Waals surface area contributed by atoms with Crippen LogP contribution >= 0.6 is 0 Å². The molecule has 2 N–H and O–H groups in total. The van der Waals surface area contributed by atoms with Crippen LogP contribution in [0.4, 0.5) is 0 Å². The van der Waals surface area contributed by atoms with E-state index in [9.17, 15) is 0 Å². The summed E-state index contributed by atoms with van der Waals surface area (Å²) in [4.78, 5) is 0. The Morgan fingerprint density at radius 3 is 2.00 bits per heavy atom. The van der Waals surface area contributed by atoms with E-state index in [1.165, 1.54) is 6.08 Å². The second kappa shape index (κ2) is 10.6. The minimum atomic E-state index is 0.0231. The van der Waals surface area contributed by atoms with Gasteiger partial charge in [-0.1, -0.05) is 32.2 Å². The Balaban J connectivity index is 0. The zero-order valence-corrected chi connectivity index (χ0v) is 10.7. The fraction of sp³-hybridized carbons (Fsp3) is 0.200. The number of rotatable bonds is 5. The Morgan fingerprint density at radius 2 is 1.59 bits per heavy atom. The molecule has 0 saturated heterocycles. The van der Waals surface area contributed by atoms with Crippen molar-refractivity contribution in [2.75, 3.05) is 0 Å². The number of allylic oxidation sites excluding steroid dienone is 6. The van der Waals surface area contributed by atoms with E-state index in [1.807, 2.05) is 6.92 Å². The van der Waals surface area contributed by atoms with Gasteiger partial charge in [0.1, 0.15) is 11.5 Å². The highest BCUT2D eigenvalue weighted by atomic mass is 16.3. The van der Waals surface area contributed by atoms with Crippen LogP contribution in [0.1, 0.15) is 13.8 Å². The molecular formula is C15H22O2. The van der Waals surface area contributed by atoms with Crippen molar-refractivity contribution >= 4 is 0 Å². The largest absolute Gasteiger partial charge is 0.509 e. The van der Waals surface area contributed by atoms with E-state index < -0.39 is 0 Å². The molecule has 0 heterocycles. The van der Waals surface area contributed by atoms with Crippen LogP contribution in [0.2, 0.25) is 0 Å². The van der Waals surface area contributed by atoms with Gasteiger partial charge in [-0.3, -0.25) is 0 Å². The fourth-order valence-corrected chi connectivity index (χ4v) is 0.819. The molecule has 0 aromatic heterocycles. The molecule has 2 nitrogen and oxygen atoms in total. The van der Waals surface area contributed by atoms with Crippen LogP contribution in [0, 0.1) is 5.92 Å². The maximum absolute atomic E-state index is 9.17. The zero-order chi connectivity index (χ0) is 13.8. The van der Waals surface area contributed by atoms with Crippen LogP contribution in [-0.4, -0.2) is 10.2 Å². The molecule has 0 bridgehead atoms. The summed E-state index contributed by atoms with van der Waals surface area (Å²) in [6, 6.07) is 0. The summed E-state index contributed by atoms with van der Waals surface area (Å²) in [6.45, 7) is 16.9. The van der Waals surface area contributed by atoms with Gasteiger partial charge in [0, 0.05) is 0 Å². The number of aliphatic hydroxyl groups is 2. The number of hydrogen-bond donors (Lipinski definition) is 2. The SMILES string of the molecule is C=C.C=C(O)/C=C\C(C)C(=C)/C=C\C(O)=C/C. The molecule has 0 aromatic rings. The van der Waals surface area contributed by atoms with Gasteiger partial charge in [-0.05, 0) is 36.6 Å². The zero-order valence-electron chi connectivity index (χ0n) is 10.7. The Labute approximate surface area is 104 Å². The minimum Gasteiger partial charge on any atom is -0.509 e. The van der Waals surface area contributed by atoms with Gasteiger partial charge in [-0.2, -0.15) is 0 Å². The van der Waals surface area contributed by atoms with Crippen molar-refractivity contribution in [3.05, 3.63) is 73.8 Å². The molecule has 1 unspecified atom stereocenters. The lowest BCUT2D eigenvalue weighted by molar-refractivity contribution is 0.431. The van der Waals surface area contributed by atoms with Gasteiger partial charge in [0.05, 0.1) is 0 Å². The van der Waals surface area contributed by atoms with Crippen LogP contribution in [0.15, 0.2) is 73.8 Å². The predicted octanol–water partition coefficient (Wildman–Crippen LogP) is 4.63. The van der Waals surface area contributed by atoms with Crippen molar-refractivity contribution in [3.63, 3.8) is 0 Å². The fourth-order valence-electron chi connectivity index (χ4n) is 0.819. The van der Waals surface area contributed by atoms with E-state index in [0.29, 0.717) is 0 Å². The summed E-state index contributed by atoms with van der Waals surface area (Å²) in [5.41, 5.74) is 0.848. The standard InChI is InChI=1S/C13H18O2.C2H4/c1-5-13(15)9-7-11(3)10(2)6-8-12(4)14;1-2/h5-10,14-15H,3-4H2,1-2H3;1-2H2/b8-6-,9-7-,13-5+;. The van der Waals surface area contributed by atoms with Crippen molar-refractivity contribution in [1.82, 2.24) is 0 Å². The lowest BCUT2D eigenvalue weighted by atomic mass is 10.0. The summed E-state index contributed by atoms with van der Waals surface area (Å²) >= 11 is 0. The van der Waals surface area contributed by atoms with Crippen molar-refractivity contribution in [2.24, 2.45) is 5.92 Å². The van der Waals surface area contributed by atoms with Crippen molar-refractivity contribution < 1.29 is 10.2 Å². The molecule has 2 heteroatoms. The quantitative estimate of drug-likeness (QED) is 0.414. The topological polar surface area (TPSA) is 40.5 Å². The summed E-state index contributed by atoms with van der Waals surface area (Å²) in [5.74, 6) is 0.323. The first-order chi connectivity index (χ1) is 7.97. The van der Waals surface area contributed by atoms with Gasteiger partial charge in [-0.25, -0.2) is 0 Å². The Bertz CT molecular complexity index is 333. The average molecular weight is 234 g/mol. The van der Waals surface area contributed by atoms with Crippen molar-refractivity contribution in [2.45, 2.75) is 13.8 Å². The lowest BCUT2D eigenvalue weighted by Crippen LogP contribution is -1.91. The first kappa shape index (κ1) is 17.4. The molecular weight excluding hydrogens is 212 g/mol. The molecule has 1 atom stereocenters. The monoisotopic (exact) mass is 234 g/mol. The Morgan fingerprint density at radius 1 is 1.06 bits per heavy atom. The molecule has 0 spiro atoms. The molecule has 0 fully saturated rings. The van der Waals surface area contributed by atoms with Crippen LogP contribution in [0.5, 0.6) is 0 Å². The highest BCUT2D eigenvalue weighted by molar-refractivity contribution is 5.27. The third-order valence-electron chi connectivity index (χ3n) is 1.93. The molecule has 94 valence electrons. The molecule has 0 rings (SSSR count). The maximum atomic E-state index is 9.17. The smallest absolute Gasteiger partial charge is 0.111 e. The molecule has 0 saturated carbocycles. The van der Waals surface area contributed by atoms with E-state index >= 15 is 0 Å². The first-order valence-electron chi connectivity index (χ1n) is 5.25. The summed E-state index contributed by atoms with van der Waals surface area (Å²) in [6.07, 6.45) is 8.24. The maximum Gasteiger partial charge on any atom is 0.111 e. The summed E-state index contributed by atoms with van der Waals surface area (Å²) in [7, 11) is 0. The van der Waals surface area contributed by atoms with E-state index in [0.717, 1.165) is 5.57 Å². The minimum absolute atomic E-state index is 0.0231. The van der Waals surface area contributed by atoms with Gasteiger partial charge in [-0.15, -0.1) is 13.2 Å². The molecule has 0 radical (unpaired) electrons. The predicted molar refractivity (Wildman–Crippen MR) is 76.0 cm³/mol. The Kier molecular flexibility index (Phi) is 10.8. The van der Waals surface area contributed by atoms with Crippen LogP contribution < -0.4 is 0 Å². The van der Waals surface area contributed by atoms with Crippen LogP contribution in [0.3, 0.4) is 0 Å². The molecule has 0 amide bonds. The average Bonchev–Trinajstić information content (AvgIpc) is 2.34. The highest BCUT2D eigenvalue weighted by Crippen LogP contribution is 2.12. The molecule has 17 heavy (non-hydrogen) atoms. The first-order valence-corrected chi connectivity index (χ1v) is 5.25.